The molecule has 0 bridgehead atoms. The van der Waals surface area contributed by atoms with E-state index in [1.54, 1.807) is 12.5 Å². The molecule has 0 radical (unpaired) electrons. The van der Waals surface area contributed by atoms with E-state index in [4.69, 9.17) is 5.73 Å². The lowest BCUT2D eigenvalue weighted by Gasteiger charge is -2.06. The molecule has 4 heteroatoms. The lowest BCUT2D eigenvalue weighted by molar-refractivity contribution is 0.954. The lowest BCUT2D eigenvalue weighted by atomic mass is 10.3. The highest BCUT2D eigenvalue weighted by molar-refractivity contribution is 5.53. The van der Waals surface area contributed by atoms with E-state index < -0.39 is 0 Å². The Labute approximate surface area is 82.4 Å². The predicted octanol–water partition coefficient (Wildman–Crippen LogP) is 1.47. The molecule has 2 heterocycles. The van der Waals surface area contributed by atoms with E-state index in [-0.39, 0.29) is 0 Å². The fourth-order valence-corrected chi connectivity index (χ4v) is 1.32. The molecule has 0 atom stereocenters. The first kappa shape index (κ1) is 8.74. The van der Waals surface area contributed by atoms with Gasteiger partial charge in [0.15, 0.2) is 5.82 Å². The van der Waals surface area contributed by atoms with Crippen LogP contribution in [0, 0.1) is 13.8 Å². The molecular formula is C10H12N4. The van der Waals surface area contributed by atoms with Gasteiger partial charge < -0.3 is 5.73 Å². The fourth-order valence-electron chi connectivity index (χ4n) is 1.32. The predicted molar refractivity (Wildman–Crippen MR) is 55.2 cm³/mol. The maximum atomic E-state index is 5.82. The number of aromatic nitrogens is 3. The minimum absolute atomic E-state index is 0.660. The molecule has 0 saturated heterocycles. The van der Waals surface area contributed by atoms with Crippen LogP contribution in [0.15, 0.2) is 24.7 Å². The van der Waals surface area contributed by atoms with Gasteiger partial charge in [-0.3, -0.25) is 4.57 Å². The standard InChI is InChI=1S/C10H12N4/c1-7-8(2)14(6-13-7)10-9(11)4-3-5-12-10/h3-6H,11H2,1-2H3. The third kappa shape index (κ3) is 1.25. The maximum absolute atomic E-state index is 5.82. The van der Waals surface area contributed by atoms with Crippen LogP contribution in [-0.4, -0.2) is 14.5 Å². The van der Waals surface area contributed by atoms with E-state index in [9.17, 15) is 0 Å². The van der Waals surface area contributed by atoms with Crippen LogP contribution in [-0.2, 0) is 0 Å². The highest BCUT2D eigenvalue weighted by Crippen LogP contribution is 2.16. The van der Waals surface area contributed by atoms with Gasteiger partial charge in [0, 0.05) is 11.9 Å². The summed E-state index contributed by atoms with van der Waals surface area (Å²) in [6.07, 6.45) is 3.46. The van der Waals surface area contributed by atoms with Crippen LogP contribution in [0.5, 0.6) is 0 Å². The molecule has 0 fully saturated rings. The zero-order valence-electron chi connectivity index (χ0n) is 8.23. The Morgan fingerprint density at radius 3 is 2.64 bits per heavy atom. The molecule has 0 aliphatic rings. The summed E-state index contributed by atoms with van der Waals surface area (Å²) in [6, 6.07) is 3.65. The number of hydrogen-bond donors (Lipinski definition) is 1. The number of anilines is 1. The zero-order valence-corrected chi connectivity index (χ0v) is 8.23. The van der Waals surface area contributed by atoms with Crippen molar-refractivity contribution in [3.05, 3.63) is 36.0 Å². The van der Waals surface area contributed by atoms with Crippen LogP contribution in [0.1, 0.15) is 11.4 Å². The van der Waals surface area contributed by atoms with Crippen LogP contribution in [0.25, 0.3) is 5.82 Å². The van der Waals surface area contributed by atoms with Crippen molar-refractivity contribution in [1.29, 1.82) is 0 Å². The second-order valence-electron chi connectivity index (χ2n) is 3.20. The highest BCUT2D eigenvalue weighted by atomic mass is 15.1. The average Bonchev–Trinajstić information content (AvgIpc) is 2.49. The monoisotopic (exact) mass is 188 g/mol. The topological polar surface area (TPSA) is 56.7 Å². The number of rotatable bonds is 1. The summed E-state index contributed by atoms with van der Waals surface area (Å²) in [4.78, 5) is 8.42. The first-order valence-electron chi connectivity index (χ1n) is 4.41. The van der Waals surface area contributed by atoms with Gasteiger partial charge in [0.2, 0.25) is 0 Å². The summed E-state index contributed by atoms with van der Waals surface area (Å²) in [7, 11) is 0. The third-order valence-corrected chi connectivity index (χ3v) is 2.30. The second-order valence-corrected chi connectivity index (χ2v) is 3.20. The summed E-state index contributed by atoms with van der Waals surface area (Å²) >= 11 is 0. The molecular weight excluding hydrogens is 176 g/mol. The summed E-state index contributed by atoms with van der Waals surface area (Å²) in [5, 5.41) is 0. The number of hydrogen-bond acceptors (Lipinski definition) is 3. The van der Waals surface area contributed by atoms with Gasteiger partial charge in [-0.05, 0) is 26.0 Å². The first-order chi connectivity index (χ1) is 6.70. The van der Waals surface area contributed by atoms with Gasteiger partial charge in [0.25, 0.3) is 0 Å². The smallest absolute Gasteiger partial charge is 0.161 e. The van der Waals surface area contributed by atoms with Crippen molar-refractivity contribution in [2.24, 2.45) is 0 Å². The van der Waals surface area contributed by atoms with Gasteiger partial charge in [-0.15, -0.1) is 0 Å². The number of pyridine rings is 1. The summed E-state index contributed by atoms with van der Waals surface area (Å²) < 4.78 is 1.89. The number of nitrogens with two attached hydrogens (primary N) is 1. The normalized spacial score (nSPS) is 10.4. The summed E-state index contributed by atoms with van der Waals surface area (Å²) in [5.74, 6) is 0.741. The maximum Gasteiger partial charge on any atom is 0.161 e. The van der Waals surface area contributed by atoms with E-state index in [1.807, 2.05) is 30.5 Å². The van der Waals surface area contributed by atoms with Crippen LogP contribution >= 0.6 is 0 Å². The Morgan fingerprint density at radius 2 is 2.07 bits per heavy atom. The van der Waals surface area contributed by atoms with Crippen molar-refractivity contribution in [2.75, 3.05) is 5.73 Å². The van der Waals surface area contributed by atoms with Crippen molar-refractivity contribution in [3.63, 3.8) is 0 Å². The molecule has 0 spiro atoms. The van der Waals surface area contributed by atoms with Crippen molar-refractivity contribution in [1.82, 2.24) is 14.5 Å². The molecule has 2 N–H and O–H groups in total. The van der Waals surface area contributed by atoms with Crippen molar-refractivity contribution in [2.45, 2.75) is 13.8 Å². The third-order valence-electron chi connectivity index (χ3n) is 2.30. The molecule has 0 saturated carbocycles. The molecule has 2 rings (SSSR count). The van der Waals surface area contributed by atoms with Gasteiger partial charge >= 0.3 is 0 Å². The number of nitrogens with zero attached hydrogens (tertiary/aromatic N) is 3. The van der Waals surface area contributed by atoms with Crippen LogP contribution in [0.4, 0.5) is 5.69 Å². The Kier molecular flexibility index (Phi) is 1.96. The summed E-state index contributed by atoms with van der Waals surface area (Å²) in [5.41, 5.74) is 8.54. The van der Waals surface area contributed by atoms with Gasteiger partial charge in [0.05, 0.1) is 11.4 Å². The quantitative estimate of drug-likeness (QED) is 0.737. The van der Waals surface area contributed by atoms with Crippen LogP contribution < -0.4 is 5.73 Å². The Hall–Kier alpha value is -1.84. The van der Waals surface area contributed by atoms with Gasteiger partial charge in [-0.1, -0.05) is 0 Å². The molecule has 2 aromatic heterocycles. The molecule has 14 heavy (non-hydrogen) atoms. The minimum Gasteiger partial charge on any atom is -0.396 e. The van der Waals surface area contributed by atoms with Crippen molar-refractivity contribution < 1.29 is 0 Å². The average molecular weight is 188 g/mol. The van der Waals surface area contributed by atoms with E-state index in [0.717, 1.165) is 17.2 Å². The molecule has 0 unspecified atom stereocenters. The van der Waals surface area contributed by atoms with E-state index in [2.05, 4.69) is 9.97 Å². The van der Waals surface area contributed by atoms with Crippen molar-refractivity contribution >= 4 is 5.69 Å². The lowest BCUT2D eigenvalue weighted by Crippen LogP contribution is -2.02. The molecule has 0 aromatic carbocycles. The van der Waals surface area contributed by atoms with Crippen molar-refractivity contribution in [3.8, 4) is 5.82 Å². The summed E-state index contributed by atoms with van der Waals surface area (Å²) in [6.45, 7) is 3.96. The minimum atomic E-state index is 0.660. The molecule has 72 valence electrons. The number of aryl methyl sites for hydroxylation is 1. The molecule has 0 aliphatic heterocycles. The molecule has 4 nitrogen and oxygen atoms in total. The number of nitrogen functional groups attached to an aromatic ring is 1. The van der Waals surface area contributed by atoms with E-state index >= 15 is 0 Å². The first-order valence-corrected chi connectivity index (χ1v) is 4.41. The molecule has 2 aromatic rings. The Balaban J connectivity index is 2.60. The van der Waals surface area contributed by atoms with Crippen LogP contribution in [0.2, 0.25) is 0 Å². The largest absolute Gasteiger partial charge is 0.396 e. The fraction of sp³-hybridized carbons (Fsp3) is 0.200. The Bertz CT molecular complexity index is 459. The second kappa shape index (κ2) is 3.14. The van der Waals surface area contributed by atoms with Crippen LogP contribution in [0.3, 0.4) is 0 Å². The SMILES string of the molecule is Cc1ncn(-c2ncccc2N)c1C. The highest BCUT2D eigenvalue weighted by Gasteiger charge is 2.07. The number of imidazole rings is 1. The van der Waals surface area contributed by atoms with E-state index in [1.165, 1.54) is 0 Å². The zero-order chi connectivity index (χ0) is 10.1. The molecule has 0 aliphatic carbocycles. The van der Waals surface area contributed by atoms with Gasteiger partial charge in [-0.2, -0.15) is 0 Å². The van der Waals surface area contributed by atoms with Gasteiger partial charge in [-0.25, -0.2) is 9.97 Å². The van der Waals surface area contributed by atoms with E-state index in [0.29, 0.717) is 5.69 Å². The Morgan fingerprint density at radius 1 is 1.29 bits per heavy atom. The van der Waals surface area contributed by atoms with Gasteiger partial charge in [0.1, 0.15) is 6.33 Å². The molecule has 0 amide bonds.